The topological polar surface area (TPSA) is 55.3 Å². The fourth-order valence-electron chi connectivity index (χ4n) is 9.42. The summed E-state index contributed by atoms with van der Waals surface area (Å²) in [5.74, 6) is 0.856. The van der Waals surface area contributed by atoms with Crippen LogP contribution in [0.3, 0.4) is 0 Å². The van der Waals surface area contributed by atoms with Gasteiger partial charge in [-0.05, 0) is 81.9 Å². The minimum absolute atomic E-state index is 0. The number of nitrogens with zero attached hydrogens (tertiary/aromatic N) is 4. The largest absolute Gasteiger partial charge is 0.507 e. The molecule has 12 aromatic rings. The van der Waals surface area contributed by atoms with Crippen molar-refractivity contribution in [2.75, 3.05) is 0 Å². The smallest absolute Gasteiger partial charge is 0.149 e. The molecule has 62 heavy (non-hydrogen) atoms. The molecule has 0 aliphatic carbocycles. The van der Waals surface area contributed by atoms with E-state index < -0.39 is 0 Å². The molecule has 0 saturated carbocycles. The summed E-state index contributed by atoms with van der Waals surface area (Å²) in [7, 11) is 0. The number of rotatable bonds is 5. The van der Waals surface area contributed by atoms with Gasteiger partial charge in [0.15, 0.2) is 0 Å². The van der Waals surface area contributed by atoms with Gasteiger partial charge in [0.05, 0.1) is 44.4 Å². The Morgan fingerprint density at radius 2 is 1.31 bits per heavy atom. The summed E-state index contributed by atoms with van der Waals surface area (Å²) in [6, 6.07) is 65.0. The van der Waals surface area contributed by atoms with E-state index in [9.17, 15) is 5.11 Å². The fourth-order valence-corrected chi connectivity index (χ4v) is 9.42. The van der Waals surface area contributed by atoms with Gasteiger partial charge in [0, 0.05) is 42.8 Å². The number of fused-ring (bicyclic) bond motifs is 8. The van der Waals surface area contributed by atoms with Crippen molar-refractivity contribution < 1.29 is 26.2 Å². The predicted molar refractivity (Wildman–Crippen MR) is 252 cm³/mol. The van der Waals surface area contributed by atoms with Gasteiger partial charge in [-0.2, -0.15) is 0 Å². The molecule has 4 heterocycles. The normalized spacial score (nSPS) is 12.0. The van der Waals surface area contributed by atoms with Crippen LogP contribution >= 0.6 is 0 Å². The minimum Gasteiger partial charge on any atom is -0.507 e. The van der Waals surface area contributed by atoms with Crippen molar-refractivity contribution in [1.82, 2.24) is 18.9 Å². The van der Waals surface area contributed by atoms with E-state index in [1.807, 2.05) is 18.2 Å². The monoisotopic (exact) mass is 978 g/mol. The molecule has 300 valence electrons. The molecule has 1 N–H and O–H groups in total. The van der Waals surface area contributed by atoms with Gasteiger partial charge in [0.1, 0.15) is 11.6 Å². The summed E-state index contributed by atoms with van der Waals surface area (Å²) in [5, 5.41) is 17.1. The van der Waals surface area contributed by atoms with Crippen LogP contribution in [0.5, 0.6) is 5.75 Å². The maximum Gasteiger partial charge on any atom is 0.149 e. The van der Waals surface area contributed by atoms with Crippen LogP contribution in [0.1, 0.15) is 26.3 Å². The van der Waals surface area contributed by atoms with Crippen molar-refractivity contribution in [3.05, 3.63) is 188 Å². The van der Waals surface area contributed by atoms with Crippen molar-refractivity contribution in [2.45, 2.75) is 26.2 Å². The van der Waals surface area contributed by atoms with Gasteiger partial charge in [0.25, 0.3) is 0 Å². The number of hydrogen-bond acceptors (Lipinski definition) is 3. The molecule has 0 spiro atoms. The third-order valence-corrected chi connectivity index (χ3v) is 12.4. The Kier molecular flexibility index (Phi) is 8.72. The maximum absolute atomic E-state index is 11.3. The van der Waals surface area contributed by atoms with Crippen molar-refractivity contribution in [1.29, 1.82) is 0 Å². The van der Waals surface area contributed by atoms with Crippen LogP contribution in [0, 0.1) is 6.07 Å². The first-order valence-electron chi connectivity index (χ1n) is 20.8. The van der Waals surface area contributed by atoms with Crippen LogP contribution in [0.2, 0.25) is 0 Å². The van der Waals surface area contributed by atoms with Gasteiger partial charge in [0.2, 0.25) is 0 Å². The number of pyridine rings is 1. The van der Waals surface area contributed by atoms with Crippen LogP contribution in [-0.4, -0.2) is 24.0 Å². The number of benzene rings is 8. The molecule has 0 aliphatic rings. The minimum atomic E-state index is -0.0503. The first kappa shape index (κ1) is 37.9. The third-order valence-electron chi connectivity index (χ3n) is 12.4. The summed E-state index contributed by atoms with van der Waals surface area (Å²) < 4.78 is 4.60. The third kappa shape index (κ3) is 5.80. The molecule has 8 aromatic carbocycles. The van der Waals surface area contributed by atoms with Gasteiger partial charge < -0.3 is 9.51 Å². The van der Waals surface area contributed by atoms with Crippen molar-refractivity contribution in [3.8, 4) is 56.3 Å². The Hall–Kier alpha value is -7.07. The second kappa shape index (κ2) is 14.3. The number of aromatic hydroxyl groups is 1. The molecule has 0 amide bonds. The van der Waals surface area contributed by atoms with E-state index >= 15 is 0 Å². The van der Waals surface area contributed by atoms with Crippen LogP contribution < -0.4 is 0 Å². The quantitative estimate of drug-likeness (QED) is 0.175. The van der Waals surface area contributed by atoms with E-state index in [1.54, 1.807) is 6.07 Å². The predicted octanol–water partition coefficient (Wildman–Crippen LogP) is 14.2. The Labute approximate surface area is 373 Å². The van der Waals surface area contributed by atoms with E-state index in [0.717, 1.165) is 88.5 Å². The van der Waals surface area contributed by atoms with Crippen molar-refractivity contribution in [3.63, 3.8) is 0 Å². The Morgan fingerprint density at radius 1 is 0.565 bits per heavy atom. The molecule has 5 nitrogen and oxygen atoms in total. The first-order valence-corrected chi connectivity index (χ1v) is 20.8. The zero-order valence-corrected chi connectivity index (χ0v) is 36.6. The van der Waals surface area contributed by atoms with Crippen LogP contribution in [0.4, 0.5) is 0 Å². The first-order chi connectivity index (χ1) is 29.8. The van der Waals surface area contributed by atoms with Gasteiger partial charge >= 0.3 is 0 Å². The SMILES string of the molecule is CC(C)(C)c1ccc(-n2c(-c3ccccc3O)nc3cc(-c4cccc5c4c4nc(-c6[c-]cc7ccccc7c6)cc6c7ccccc7n5c64)ccc32)c(-c2ccccc2)c1.[Pt]. The molecule has 0 saturated heterocycles. The van der Waals surface area contributed by atoms with Gasteiger partial charge in [-0.1, -0.05) is 141 Å². The van der Waals surface area contributed by atoms with Crippen LogP contribution in [0.25, 0.3) is 111 Å². The fraction of sp³-hybridized carbons (Fsp3) is 0.0714. The van der Waals surface area contributed by atoms with Crippen molar-refractivity contribution >= 4 is 60.0 Å². The summed E-state index contributed by atoms with van der Waals surface area (Å²) in [6.07, 6.45) is 0. The number of phenols is 1. The van der Waals surface area contributed by atoms with E-state index in [-0.39, 0.29) is 32.2 Å². The number of hydrogen-bond donors (Lipinski definition) is 1. The number of para-hydroxylation sites is 2. The second-order valence-electron chi connectivity index (χ2n) is 17.1. The molecule has 0 fully saturated rings. The second-order valence-corrected chi connectivity index (χ2v) is 17.1. The van der Waals surface area contributed by atoms with Gasteiger partial charge in [-0.15, -0.1) is 29.1 Å². The number of aromatic nitrogens is 4. The Morgan fingerprint density at radius 3 is 2.15 bits per heavy atom. The van der Waals surface area contributed by atoms with Crippen molar-refractivity contribution in [2.24, 2.45) is 0 Å². The summed E-state index contributed by atoms with van der Waals surface area (Å²) in [4.78, 5) is 10.9. The number of imidazole rings is 1. The van der Waals surface area contributed by atoms with Crippen LogP contribution in [0.15, 0.2) is 176 Å². The average Bonchev–Trinajstić information content (AvgIpc) is 3.95. The summed E-state index contributed by atoms with van der Waals surface area (Å²) in [6.45, 7) is 6.74. The van der Waals surface area contributed by atoms with E-state index in [2.05, 4.69) is 187 Å². The summed E-state index contributed by atoms with van der Waals surface area (Å²) >= 11 is 0. The molecule has 0 bridgehead atoms. The zero-order valence-electron chi connectivity index (χ0n) is 34.3. The zero-order chi connectivity index (χ0) is 41.0. The maximum atomic E-state index is 11.3. The Balaban J connectivity index is 0.00000432. The molecular weight excluding hydrogens is 940 g/mol. The molecular formula is C56H39N4OPt-. The average molecular weight is 979 g/mol. The van der Waals surface area contributed by atoms with Gasteiger partial charge in [-0.25, -0.2) is 4.98 Å². The summed E-state index contributed by atoms with van der Waals surface area (Å²) in [5.41, 5.74) is 15.2. The molecule has 4 aromatic heterocycles. The molecule has 0 unspecified atom stereocenters. The molecule has 0 aliphatic heterocycles. The van der Waals surface area contributed by atoms with E-state index in [0.29, 0.717) is 11.4 Å². The molecule has 6 heteroatoms. The Bertz CT molecular complexity index is 3710. The molecule has 0 radical (unpaired) electrons. The van der Waals surface area contributed by atoms with E-state index in [4.69, 9.17) is 9.97 Å². The standard InChI is InChI=1S/C56H39N4O.Pt/c1-56(2,3)39-27-29-48(43(32-39)35-15-5-4-6-16-35)60-49-28-26-37(31-46(49)58-55(60)42-19-10-12-23-51(42)61)40-20-13-22-50-52(40)53-54-44(41-18-9-11-21-47(41)59(50)54)33-45(57-53)38-25-24-34-14-7-8-17-36(34)30-38;/h4-24,26-33,61H,1-3H3;/q-1;. The van der Waals surface area contributed by atoms with Crippen LogP contribution in [-0.2, 0) is 26.5 Å². The number of phenolic OH excluding ortho intramolecular Hbond substituents is 1. The van der Waals surface area contributed by atoms with Gasteiger partial charge in [-0.3, -0.25) is 9.55 Å². The van der Waals surface area contributed by atoms with E-state index in [1.165, 1.54) is 16.3 Å². The molecule has 0 atom stereocenters. The molecule has 12 rings (SSSR count).